The van der Waals surface area contributed by atoms with Gasteiger partial charge >= 0.3 is 0 Å². The molecule has 0 radical (unpaired) electrons. The van der Waals surface area contributed by atoms with Crippen molar-refractivity contribution in [3.05, 3.63) is 11.2 Å². The number of aromatic nitrogens is 1. The fourth-order valence-corrected chi connectivity index (χ4v) is 3.01. The third kappa shape index (κ3) is 3.44. The minimum absolute atomic E-state index is 0.126. The number of aliphatic hydroxyl groups is 1. The van der Waals surface area contributed by atoms with Crippen LogP contribution in [0.4, 0.5) is 8.78 Å². The largest absolute Gasteiger partial charge is 0.390 e. The van der Waals surface area contributed by atoms with E-state index in [1.165, 1.54) is 0 Å². The Morgan fingerprint density at radius 1 is 1.62 bits per heavy atom. The van der Waals surface area contributed by atoms with E-state index in [-0.39, 0.29) is 4.21 Å². The summed E-state index contributed by atoms with van der Waals surface area (Å²) in [5.41, 5.74) is 0. The smallest absolute Gasteiger partial charge is 0.283 e. The Balaban J connectivity index is 2.74. The summed E-state index contributed by atoms with van der Waals surface area (Å²) in [5, 5.41) is 8.79. The molecule has 0 fully saturated rings. The second kappa shape index (κ2) is 4.70. The topological polar surface area (TPSA) is 79.3 Å². The number of nitrogens with zero attached hydrogens (tertiary/aromatic N) is 1. The van der Waals surface area contributed by atoms with E-state index in [9.17, 15) is 17.2 Å². The van der Waals surface area contributed by atoms with Gasteiger partial charge in [-0.05, 0) is 6.92 Å². The number of aryl methyl sites for hydroxylation is 1. The summed E-state index contributed by atoms with van der Waals surface area (Å²) in [7, 11) is -3.97. The van der Waals surface area contributed by atoms with Crippen LogP contribution >= 0.6 is 11.3 Å². The fraction of sp³-hybridized carbons (Fsp3) is 0.571. The van der Waals surface area contributed by atoms with Crippen LogP contribution in [0.2, 0.25) is 0 Å². The highest BCUT2D eigenvalue weighted by Crippen LogP contribution is 2.18. The average molecular weight is 272 g/mol. The summed E-state index contributed by atoms with van der Waals surface area (Å²) in [6.07, 6.45) is 1.10. The maximum Gasteiger partial charge on any atom is 0.283 e. The van der Waals surface area contributed by atoms with Crippen molar-refractivity contribution >= 4 is 21.4 Å². The molecule has 0 spiro atoms. The number of alkyl halides is 2. The molecule has 0 bridgehead atoms. The number of sulfonamides is 1. The molecule has 16 heavy (non-hydrogen) atoms. The van der Waals surface area contributed by atoms with E-state index < -0.39 is 29.1 Å². The van der Waals surface area contributed by atoms with Gasteiger partial charge in [-0.3, -0.25) is 0 Å². The Bertz CT molecular complexity index is 458. The number of rotatable bonds is 5. The van der Waals surface area contributed by atoms with Crippen molar-refractivity contribution in [2.45, 2.75) is 17.1 Å². The van der Waals surface area contributed by atoms with E-state index in [0.717, 1.165) is 17.5 Å². The van der Waals surface area contributed by atoms with Crippen LogP contribution in [-0.4, -0.2) is 37.6 Å². The lowest BCUT2D eigenvalue weighted by molar-refractivity contribution is -0.0437. The minimum Gasteiger partial charge on any atom is -0.390 e. The molecule has 1 rings (SSSR count). The van der Waals surface area contributed by atoms with Gasteiger partial charge in [-0.25, -0.2) is 26.9 Å². The molecule has 0 saturated carbocycles. The first-order valence-corrected chi connectivity index (χ1v) is 6.47. The molecule has 5 nitrogen and oxygen atoms in total. The molecule has 1 heterocycles. The first-order valence-electron chi connectivity index (χ1n) is 4.18. The Morgan fingerprint density at radius 2 is 2.25 bits per heavy atom. The van der Waals surface area contributed by atoms with Crippen LogP contribution in [0.3, 0.4) is 0 Å². The zero-order valence-corrected chi connectivity index (χ0v) is 9.91. The van der Waals surface area contributed by atoms with Gasteiger partial charge in [-0.1, -0.05) is 0 Å². The van der Waals surface area contributed by atoms with E-state index >= 15 is 0 Å². The first-order chi connectivity index (χ1) is 7.27. The Morgan fingerprint density at radius 3 is 2.69 bits per heavy atom. The van der Waals surface area contributed by atoms with Crippen LogP contribution < -0.4 is 4.72 Å². The standard InChI is InChI=1S/C7H10F2N2O3S2/c1-5-10-2-6(15-5)16(13,14)11-3-7(8,9)4-12/h2,11-12H,3-4H2,1H3. The number of aliphatic hydroxyl groups excluding tert-OH is 1. The SMILES string of the molecule is Cc1ncc(S(=O)(=O)NCC(F)(F)CO)s1. The van der Waals surface area contributed by atoms with Crippen LogP contribution in [0.1, 0.15) is 5.01 Å². The average Bonchev–Trinajstić information content (AvgIpc) is 2.63. The molecule has 1 aromatic rings. The van der Waals surface area contributed by atoms with Gasteiger partial charge in [0.05, 0.1) is 17.7 Å². The van der Waals surface area contributed by atoms with Crippen molar-refractivity contribution in [3.63, 3.8) is 0 Å². The van der Waals surface area contributed by atoms with Gasteiger partial charge in [-0.15, -0.1) is 11.3 Å². The second-order valence-corrected chi connectivity index (χ2v) is 6.27. The van der Waals surface area contributed by atoms with E-state index in [1.807, 2.05) is 0 Å². The molecule has 0 saturated heterocycles. The lowest BCUT2D eigenvalue weighted by atomic mass is 10.4. The first kappa shape index (κ1) is 13.4. The summed E-state index contributed by atoms with van der Waals surface area (Å²) in [6.45, 7) is -0.938. The molecule has 0 unspecified atom stereocenters. The van der Waals surface area contributed by atoms with Crippen LogP contribution in [0.15, 0.2) is 10.4 Å². The maximum absolute atomic E-state index is 12.6. The molecule has 1 aromatic heterocycles. The second-order valence-electron chi connectivity index (χ2n) is 3.04. The Labute approximate surface area is 95.2 Å². The van der Waals surface area contributed by atoms with E-state index in [0.29, 0.717) is 5.01 Å². The zero-order chi connectivity index (χ0) is 12.4. The zero-order valence-electron chi connectivity index (χ0n) is 8.27. The Hall–Kier alpha value is -0.640. The lowest BCUT2D eigenvalue weighted by Gasteiger charge is -2.13. The van der Waals surface area contributed by atoms with E-state index in [2.05, 4.69) is 4.98 Å². The predicted molar refractivity (Wildman–Crippen MR) is 54.1 cm³/mol. The summed E-state index contributed by atoms with van der Waals surface area (Å²) in [6, 6.07) is 0. The molecule has 9 heteroatoms. The number of halogens is 2. The highest BCUT2D eigenvalue weighted by Gasteiger charge is 2.30. The lowest BCUT2D eigenvalue weighted by Crippen LogP contribution is -2.38. The van der Waals surface area contributed by atoms with E-state index in [1.54, 1.807) is 11.6 Å². The highest BCUT2D eigenvalue weighted by atomic mass is 32.2. The molecule has 0 aliphatic heterocycles. The van der Waals surface area contributed by atoms with Crippen molar-refractivity contribution in [3.8, 4) is 0 Å². The molecule has 0 aromatic carbocycles. The predicted octanol–water partition coefficient (Wildman–Crippen LogP) is 0.357. The van der Waals surface area contributed by atoms with Crippen molar-refractivity contribution in [1.82, 2.24) is 9.71 Å². The summed E-state index contributed by atoms with van der Waals surface area (Å²) in [4.78, 5) is 3.71. The molecule has 0 aliphatic rings. The minimum atomic E-state index is -3.97. The summed E-state index contributed by atoms with van der Waals surface area (Å²) in [5.74, 6) is -3.47. The molecular weight excluding hydrogens is 262 g/mol. The molecule has 0 atom stereocenters. The van der Waals surface area contributed by atoms with Crippen LogP contribution in [0.25, 0.3) is 0 Å². The van der Waals surface area contributed by atoms with Crippen molar-refractivity contribution < 1.29 is 22.3 Å². The van der Waals surface area contributed by atoms with Gasteiger partial charge in [0.25, 0.3) is 15.9 Å². The maximum atomic E-state index is 12.6. The van der Waals surface area contributed by atoms with Gasteiger partial charge in [0.1, 0.15) is 6.61 Å². The molecule has 0 amide bonds. The Kier molecular flexibility index (Phi) is 3.94. The molecule has 92 valence electrons. The highest BCUT2D eigenvalue weighted by molar-refractivity contribution is 7.91. The monoisotopic (exact) mass is 272 g/mol. The summed E-state index contributed by atoms with van der Waals surface area (Å²) >= 11 is 0.884. The van der Waals surface area contributed by atoms with Gasteiger partial charge in [0.2, 0.25) is 0 Å². The van der Waals surface area contributed by atoms with Crippen molar-refractivity contribution in [2.24, 2.45) is 0 Å². The number of thiazole rings is 1. The summed E-state index contributed by atoms with van der Waals surface area (Å²) < 4.78 is 49.7. The van der Waals surface area contributed by atoms with Crippen LogP contribution in [0, 0.1) is 6.92 Å². The quantitative estimate of drug-likeness (QED) is 0.811. The number of hydrogen-bond donors (Lipinski definition) is 2. The van der Waals surface area contributed by atoms with Gasteiger partial charge in [0, 0.05) is 0 Å². The van der Waals surface area contributed by atoms with E-state index in [4.69, 9.17) is 5.11 Å². The number of nitrogens with one attached hydrogen (secondary N) is 1. The van der Waals surface area contributed by atoms with Crippen LogP contribution in [-0.2, 0) is 10.0 Å². The van der Waals surface area contributed by atoms with Crippen molar-refractivity contribution in [1.29, 1.82) is 0 Å². The third-order valence-corrected chi connectivity index (χ3v) is 4.39. The molecule has 2 N–H and O–H groups in total. The van der Waals surface area contributed by atoms with Gasteiger partial charge < -0.3 is 5.11 Å². The third-order valence-electron chi connectivity index (χ3n) is 1.62. The van der Waals surface area contributed by atoms with Gasteiger partial charge in [0.15, 0.2) is 4.21 Å². The molecular formula is C7H10F2N2O3S2. The van der Waals surface area contributed by atoms with Crippen LogP contribution in [0.5, 0.6) is 0 Å². The normalized spacial score (nSPS) is 13.0. The van der Waals surface area contributed by atoms with Crippen molar-refractivity contribution in [2.75, 3.05) is 13.2 Å². The van der Waals surface area contributed by atoms with Gasteiger partial charge in [-0.2, -0.15) is 0 Å². The molecule has 0 aliphatic carbocycles. The number of hydrogen-bond acceptors (Lipinski definition) is 5. The fourth-order valence-electron chi connectivity index (χ4n) is 0.794.